The number of rotatable bonds is 4. The molecule has 22 heavy (non-hydrogen) atoms. The van der Waals surface area contributed by atoms with E-state index < -0.39 is 0 Å². The molecule has 0 unspecified atom stereocenters. The number of phenols is 1. The molecule has 0 aliphatic heterocycles. The summed E-state index contributed by atoms with van der Waals surface area (Å²) >= 11 is 0. The molecule has 0 atom stereocenters. The third-order valence-corrected chi connectivity index (χ3v) is 3.89. The normalized spacial score (nSPS) is 10.5. The van der Waals surface area contributed by atoms with E-state index in [9.17, 15) is 5.11 Å². The van der Waals surface area contributed by atoms with Gasteiger partial charge in [-0.2, -0.15) is 0 Å². The molecule has 110 valence electrons. The number of anilines is 1. The van der Waals surface area contributed by atoms with Crippen LogP contribution in [0.3, 0.4) is 0 Å². The minimum Gasteiger partial charge on any atom is -0.508 e. The van der Waals surface area contributed by atoms with E-state index in [1.165, 1.54) is 5.56 Å². The van der Waals surface area contributed by atoms with E-state index in [2.05, 4.69) is 24.3 Å². The lowest BCUT2D eigenvalue weighted by Crippen LogP contribution is -2.03. The van der Waals surface area contributed by atoms with Crippen molar-refractivity contribution >= 4 is 5.69 Å². The lowest BCUT2D eigenvalue weighted by molar-refractivity contribution is 0.468. The van der Waals surface area contributed by atoms with Gasteiger partial charge in [0.15, 0.2) is 0 Å². The molecule has 0 saturated heterocycles. The predicted octanol–water partition coefficient (Wildman–Crippen LogP) is 4.16. The van der Waals surface area contributed by atoms with E-state index in [1.54, 1.807) is 12.1 Å². The van der Waals surface area contributed by atoms with Crippen molar-refractivity contribution in [2.24, 2.45) is 0 Å². The van der Waals surface area contributed by atoms with Crippen LogP contribution in [0.4, 0.5) is 5.69 Å². The van der Waals surface area contributed by atoms with Gasteiger partial charge in [0.05, 0.1) is 0 Å². The number of nitrogens with two attached hydrogens (primary N) is 1. The number of nitrogen functional groups attached to an aromatic ring is 1. The molecule has 0 amide bonds. The summed E-state index contributed by atoms with van der Waals surface area (Å²) in [6.07, 6.45) is 1.41. The molecule has 0 spiro atoms. The van der Waals surface area contributed by atoms with Gasteiger partial charge < -0.3 is 10.8 Å². The van der Waals surface area contributed by atoms with E-state index >= 15 is 0 Å². The van der Waals surface area contributed by atoms with E-state index in [1.807, 2.05) is 36.4 Å². The Labute approximate surface area is 130 Å². The van der Waals surface area contributed by atoms with Crippen LogP contribution >= 0.6 is 0 Å². The highest BCUT2D eigenvalue weighted by Crippen LogP contribution is 2.30. The van der Waals surface area contributed by atoms with E-state index in [-0.39, 0.29) is 0 Å². The van der Waals surface area contributed by atoms with Gasteiger partial charge in [-0.25, -0.2) is 0 Å². The van der Waals surface area contributed by atoms with Crippen molar-refractivity contribution < 1.29 is 5.11 Å². The topological polar surface area (TPSA) is 46.2 Å². The minimum atomic E-state index is 0.309. The van der Waals surface area contributed by atoms with Crippen LogP contribution in [0.2, 0.25) is 0 Å². The first kappa shape index (κ1) is 14.2. The Kier molecular flexibility index (Phi) is 4.10. The number of phenolic OH excluding ortho intramolecular Hbond substituents is 1. The van der Waals surface area contributed by atoms with Crippen molar-refractivity contribution in [1.29, 1.82) is 0 Å². The molecule has 0 saturated carbocycles. The molecule has 3 rings (SSSR count). The van der Waals surface area contributed by atoms with Gasteiger partial charge in [0.25, 0.3) is 0 Å². The number of hydrogen-bond acceptors (Lipinski definition) is 2. The Morgan fingerprint density at radius 1 is 0.636 bits per heavy atom. The Hall–Kier alpha value is -2.74. The number of aromatic hydroxyl groups is 1. The van der Waals surface area contributed by atoms with Gasteiger partial charge in [0, 0.05) is 17.7 Å². The monoisotopic (exact) mass is 289 g/mol. The summed E-state index contributed by atoms with van der Waals surface area (Å²) in [5.41, 5.74) is 11.2. The molecular formula is C20H19NO. The van der Waals surface area contributed by atoms with Gasteiger partial charge >= 0.3 is 0 Å². The quantitative estimate of drug-likeness (QED) is 0.559. The fourth-order valence-electron chi connectivity index (χ4n) is 2.70. The molecule has 3 aromatic carbocycles. The molecule has 2 heteroatoms. The summed E-state index contributed by atoms with van der Waals surface area (Å²) in [5.74, 6) is 0.309. The maximum atomic E-state index is 10.3. The zero-order valence-electron chi connectivity index (χ0n) is 12.4. The summed E-state index contributed by atoms with van der Waals surface area (Å²) in [6, 6.07) is 23.8. The number of benzene rings is 3. The Bertz CT molecular complexity index is 685. The fraction of sp³-hybridized carbons (Fsp3) is 0.100. The molecule has 0 fully saturated rings. The molecule has 0 bridgehead atoms. The van der Waals surface area contributed by atoms with Crippen LogP contribution < -0.4 is 5.73 Å². The first-order valence-electron chi connectivity index (χ1n) is 7.41. The second-order valence-electron chi connectivity index (χ2n) is 5.46. The molecule has 2 nitrogen and oxygen atoms in total. The zero-order chi connectivity index (χ0) is 15.4. The highest BCUT2D eigenvalue weighted by atomic mass is 16.3. The summed E-state index contributed by atoms with van der Waals surface area (Å²) in [6.45, 7) is 0. The maximum absolute atomic E-state index is 10.3. The average Bonchev–Trinajstić information content (AvgIpc) is 2.56. The second kappa shape index (κ2) is 6.35. The van der Waals surface area contributed by atoms with Crippen LogP contribution in [0.5, 0.6) is 5.75 Å². The summed E-state index contributed by atoms with van der Waals surface area (Å²) < 4.78 is 0. The van der Waals surface area contributed by atoms with Crippen molar-refractivity contribution in [1.82, 2.24) is 0 Å². The molecular weight excluding hydrogens is 270 g/mol. The maximum Gasteiger partial charge on any atom is 0.119 e. The smallest absolute Gasteiger partial charge is 0.119 e. The zero-order valence-corrected chi connectivity index (χ0v) is 12.4. The molecule has 3 aromatic rings. The van der Waals surface area contributed by atoms with Crippen LogP contribution in [-0.2, 0) is 12.8 Å². The van der Waals surface area contributed by atoms with Crippen molar-refractivity contribution in [3.63, 3.8) is 0 Å². The molecule has 0 aliphatic rings. The lowest BCUT2D eigenvalue weighted by Gasteiger charge is -2.15. The van der Waals surface area contributed by atoms with Crippen LogP contribution in [0.15, 0.2) is 72.8 Å². The van der Waals surface area contributed by atoms with Crippen molar-refractivity contribution in [2.75, 3.05) is 5.73 Å². The molecule has 3 N–H and O–H groups in total. The third kappa shape index (κ3) is 3.12. The predicted molar refractivity (Wildman–Crippen MR) is 91.0 cm³/mol. The Balaban J connectivity index is 1.99. The molecule has 0 aromatic heterocycles. The highest BCUT2D eigenvalue weighted by Gasteiger charge is 2.12. The third-order valence-electron chi connectivity index (χ3n) is 3.89. The van der Waals surface area contributed by atoms with Gasteiger partial charge in [-0.15, -0.1) is 0 Å². The first-order chi connectivity index (χ1) is 10.7. The van der Waals surface area contributed by atoms with Gasteiger partial charge in [-0.1, -0.05) is 60.7 Å². The van der Waals surface area contributed by atoms with Crippen LogP contribution in [0, 0.1) is 0 Å². The second-order valence-corrected chi connectivity index (χ2v) is 5.46. The number of hydrogen-bond donors (Lipinski definition) is 2. The van der Waals surface area contributed by atoms with Crippen LogP contribution in [0.25, 0.3) is 0 Å². The first-order valence-corrected chi connectivity index (χ1v) is 7.41. The summed E-state index contributed by atoms with van der Waals surface area (Å²) in [5, 5.41) is 10.3. The molecule has 0 aliphatic carbocycles. The van der Waals surface area contributed by atoms with Gasteiger partial charge in [0.2, 0.25) is 0 Å². The molecule has 0 radical (unpaired) electrons. The Morgan fingerprint density at radius 2 is 1.14 bits per heavy atom. The van der Waals surface area contributed by atoms with Gasteiger partial charge in [-0.05, 0) is 35.2 Å². The SMILES string of the molecule is Nc1ccc(O)c(Cc2ccccc2)c1Cc1ccccc1. The van der Waals surface area contributed by atoms with Gasteiger partial charge in [-0.3, -0.25) is 0 Å². The largest absolute Gasteiger partial charge is 0.508 e. The van der Waals surface area contributed by atoms with Crippen LogP contribution in [-0.4, -0.2) is 5.11 Å². The lowest BCUT2D eigenvalue weighted by atomic mass is 9.93. The summed E-state index contributed by atoms with van der Waals surface area (Å²) in [4.78, 5) is 0. The van der Waals surface area contributed by atoms with E-state index in [4.69, 9.17) is 5.73 Å². The Morgan fingerprint density at radius 3 is 1.68 bits per heavy atom. The highest BCUT2D eigenvalue weighted by molar-refractivity contribution is 5.58. The molecule has 0 heterocycles. The van der Waals surface area contributed by atoms with E-state index in [0.29, 0.717) is 12.2 Å². The summed E-state index contributed by atoms with van der Waals surface area (Å²) in [7, 11) is 0. The van der Waals surface area contributed by atoms with Crippen molar-refractivity contribution in [2.45, 2.75) is 12.8 Å². The standard InChI is InChI=1S/C20H19NO/c21-19-11-12-20(22)18(14-16-9-5-2-6-10-16)17(19)13-15-7-3-1-4-8-15/h1-12,22H,13-14,21H2. The van der Waals surface area contributed by atoms with E-state index in [0.717, 1.165) is 28.8 Å². The fourth-order valence-corrected chi connectivity index (χ4v) is 2.70. The van der Waals surface area contributed by atoms with Gasteiger partial charge in [0.1, 0.15) is 5.75 Å². The average molecular weight is 289 g/mol. The minimum absolute atomic E-state index is 0.309. The van der Waals surface area contributed by atoms with Crippen molar-refractivity contribution in [3.05, 3.63) is 95.1 Å². The van der Waals surface area contributed by atoms with Crippen molar-refractivity contribution in [3.8, 4) is 5.75 Å². The van der Waals surface area contributed by atoms with Crippen LogP contribution in [0.1, 0.15) is 22.3 Å².